The SMILES string of the molecule is C[C@H]([C@@H](O)c1cccc(O)c1)[N+](=O)[O-]. The minimum absolute atomic E-state index is 0.0166. The van der Waals surface area contributed by atoms with Crippen LogP contribution in [0.3, 0.4) is 0 Å². The van der Waals surface area contributed by atoms with Crippen LogP contribution in [0.1, 0.15) is 18.6 Å². The molecule has 0 saturated carbocycles. The third-order valence-electron chi connectivity index (χ3n) is 2.00. The molecule has 1 rings (SSSR count). The lowest BCUT2D eigenvalue weighted by atomic mass is 10.0. The highest BCUT2D eigenvalue weighted by atomic mass is 16.6. The summed E-state index contributed by atoms with van der Waals surface area (Å²) in [4.78, 5) is 9.82. The zero-order chi connectivity index (χ0) is 10.7. The zero-order valence-corrected chi connectivity index (χ0v) is 7.62. The van der Waals surface area contributed by atoms with Crippen LogP contribution in [-0.4, -0.2) is 21.2 Å². The molecule has 14 heavy (non-hydrogen) atoms. The zero-order valence-electron chi connectivity index (χ0n) is 7.62. The van der Waals surface area contributed by atoms with Crippen molar-refractivity contribution in [2.75, 3.05) is 0 Å². The molecule has 1 aromatic rings. The maximum atomic E-state index is 10.4. The summed E-state index contributed by atoms with van der Waals surface area (Å²) in [7, 11) is 0. The number of hydrogen-bond donors (Lipinski definition) is 2. The van der Waals surface area contributed by atoms with Gasteiger partial charge in [-0.05, 0) is 17.7 Å². The molecule has 0 aromatic heterocycles. The minimum atomic E-state index is -1.20. The van der Waals surface area contributed by atoms with E-state index in [4.69, 9.17) is 5.11 Å². The topological polar surface area (TPSA) is 83.6 Å². The van der Waals surface area contributed by atoms with Gasteiger partial charge in [0.05, 0.1) is 0 Å². The average Bonchev–Trinajstić information content (AvgIpc) is 2.15. The molecule has 0 radical (unpaired) electrons. The van der Waals surface area contributed by atoms with Crippen molar-refractivity contribution in [3.8, 4) is 5.75 Å². The first-order valence-corrected chi connectivity index (χ1v) is 4.13. The van der Waals surface area contributed by atoms with Gasteiger partial charge in [0.1, 0.15) is 11.9 Å². The van der Waals surface area contributed by atoms with Gasteiger partial charge in [0.2, 0.25) is 6.04 Å². The van der Waals surface area contributed by atoms with Gasteiger partial charge in [0, 0.05) is 11.8 Å². The van der Waals surface area contributed by atoms with Crippen LogP contribution in [0.25, 0.3) is 0 Å². The summed E-state index contributed by atoms with van der Waals surface area (Å²) in [6.07, 6.45) is -1.20. The fourth-order valence-electron chi connectivity index (χ4n) is 1.10. The van der Waals surface area contributed by atoms with Gasteiger partial charge in [-0.1, -0.05) is 12.1 Å². The average molecular weight is 197 g/mol. The lowest BCUT2D eigenvalue weighted by molar-refractivity contribution is -0.531. The Labute approximate surface area is 80.8 Å². The number of hydrogen-bond acceptors (Lipinski definition) is 4. The smallest absolute Gasteiger partial charge is 0.239 e. The molecule has 2 N–H and O–H groups in total. The van der Waals surface area contributed by atoms with E-state index in [1.807, 2.05) is 0 Å². The van der Waals surface area contributed by atoms with Crippen molar-refractivity contribution < 1.29 is 15.1 Å². The van der Waals surface area contributed by atoms with E-state index >= 15 is 0 Å². The summed E-state index contributed by atoms with van der Waals surface area (Å²) in [5.41, 5.74) is 0.342. The van der Waals surface area contributed by atoms with Crippen molar-refractivity contribution >= 4 is 0 Å². The number of aliphatic hydroxyl groups is 1. The first kappa shape index (κ1) is 10.5. The first-order valence-electron chi connectivity index (χ1n) is 4.13. The van der Waals surface area contributed by atoms with E-state index in [1.54, 1.807) is 0 Å². The first-order chi connectivity index (χ1) is 6.52. The molecule has 5 heteroatoms. The van der Waals surface area contributed by atoms with Crippen LogP contribution < -0.4 is 0 Å². The normalized spacial score (nSPS) is 14.7. The van der Waals surface area contributed by atoms with Gasteiger partial charge >= 0.3 is 0 Å². The van der Waals surface area contributed by atoms with Gasteiger partial charge in [-0.2, -0.15) is 0 Å². The molecular formula is C9H11NO4. The summed E-state index contributed by atoms with van der Waals surface area (Å²) in [6.45, 7) is 1.31. The molecule has 0 fully saturated rings. The summed E-state index contributed by atoms with van der Waals surface area (Å²) in [6, 6.07) is 4.72. The third-order valence-corrected chi connectivity index (χ3v) is 2.00. The van der Waals surface area contributed by atoms with Crippen LogP contribution in [0.5, 0.6) is 5.75 Å². The van der Waals surface area contributed by atoms with Gasteiger partial charge < -0.3 is 10.2 Å². The van der Waals surface area contributed by atoms with Crippen molar-refractivity contribution in [1.29, 1.82) is 0 Å². The highest BCUT2D eigenvalue weighted by molar-refractivity contribution is 5.28. The van der Waals surface area contributed by atoms with Crippen molar-refractivity contribution in [2.45, 2.75) is 19.1 Å². The second-order valence-electron chi connectivity index (χ2n) is 3.07. The van der Waals surface area contributed by atoms with E-state index in [2.05, 4.69) is 0 Å². The van der Waals surface area contributed by atoms with Crippen LogP contribution >= 0.6 is 0 Å². The molecule has 0 spiro atoms. The number of phenolic OH excluding ortho intramolecular Hbond substituents is 1. The van der Waals surface area contributed by atoms with E-state index in [-0.39, 0.29) is 5.75 Å². The number of aromatic hydroxyl groups is 1. The molecule has 0 heterocycles. The monoisotopic (exact) mass is 197 g/mol. The van der Waals surface area contributed by atoms with Gasteiger partial charge in [0.15, 0.2) is 0 Å². The number of phenols is 1. The Morgan fingerprint density at radius 1 is 1.50 bits per heavy atom. The second-order valence-corrected chi connectivity index (χ2v) is 3.07. The van der Waals surface area contributed by atoms with Gasteiger partial charge in [0.25, 0.3) is 0 Å². The number of nitro groups is 1. The van der Waals surface area contributed by atoms with Crippen LogP contribution in [0, 0.1) is 10.1 Å². The Hall–Kier alpha value is -1.62. The summed E-state index contributed by atoms with van der Waals surface area (Å²) >= 11 is 0. The van der Waals surface area contributed by atoms with E-state index in [9.17, 15) is 15.2 Å². The molecule has 0 amide bonds. The number of nitrogens with zero attached hydrogens (tertiary/aromatic N) is 1. The maximum absolute atomic E-state index is 10.4. The molecule has 0 saturated heterocycles. The van der Waals surface area contributed by atoms with E-state index < -0.39 is 17.1 Å². The van der Waals surface area contributed by atoms with Crippen molar-refractivity contribution in [1.82, 2.24) is 0 Å². The fourth-order valence-corrected chi connectivity index (χ4v) is 1.10. The minimum Gasteiger partial charge on any atom is -0.508 e. The number of aliphatic hydroxyl groups excluding tert-OH is 1. The highest BCUT2D eigenvalue weighted by Crippen LogP contribution is 2.21. The molecule has 0 bridgehead atoms. The fraction of sp³-hybridized carbons (Fsp3) is 0.333. The number of benzene rings is 1. The van der Waals surface area contributed by atoms with Gasteiger partial charge in [-0.3, -0.25) is 10.1 Å². The summed E-state index contributed by atoms with van der Waals surface area (Å²) in [5.74, 6) is -0.0166. The molecule has 0 unspecified atom stereocenters. The molecule has 5 nitrogen and oxygen atoms in total. The highest BCUT2D eigenvalue weighted by Gasteiger charge is 2.25. The van der Waals surface area contributed by atoms with Crippen LogP contribution in [0.15, 0.2) is 24.3 Å². The Balaban J connectivity index is 2.89. The molecule has 0 aliphatic rings. The molecule has 0 aliphatic heterocycles. The molecule has 1 aromatic carbocycles. The van der Waals surface area contributed by atoms with Crippen LogP contribution in [0.4, 0.5) is 0 Å². The Morgan fingerprint density at radius 2 is 2.14 bits per heavy atom. The van der Waals surface area contributed by atoms with Crippen molar-refractivity contribution in [2.24, 2.45) is 0 Å². The molecule has 0 aliphatic carbocycles. The Bertz CT molecular complexity index is 339. The van der Waals surface area contributed by atoms with E-state index in [1.165, 1.54) is 31.2 Å². The summed E-state index contributed by atoms with van der Waals surface area (Å²) < 4.78 is 0. The van der Waals surface area contributed by atoms with Gasteiger partial charge in [-0.25, -0.2) is 0 Å². The second kappa shape index (κ2) is 4.06. The molecule has 2 atom stereocenters. The third kappa shape index (κ3) is 2.20. The lowest BCUT2D eigenvalue weighted by Crippen LogP contribution is -2.23. The van der Waals surface area contributed by atoms with Crippen molar-refractivity contribution in [3.63, 3.8) is 0 Å². The van der Waals surface area contributed by atoms with Crippen LogP contribution in [-0.2, 0) is 0 Å². The quantitative estimate of drug-likeness (QED) is 0.561. The largest absolute Gasteiger partial charge is 0.508 e. The lowest BCUT2D eigenvalue weighted by Gasteiger charge is -2.12. The van der Waals surface area contributed by atoms with Gasteiger partial charge in [-0.15, -0.1) is 0 Å². The Morgan fingerprint density at radius 3 is 2.64 bits per heavy atom. The Kier molecular flexibility index (Phi) is 3.03. The predicted molar refractivity (Wildman–Crippen MR) is 49.5 cm³/mol. The van der Waals surface area contributed by atoms with E-state index in [0.717, 1.165) is 0 Å². The van der Waals surface area contributed by atoms with E-state index in [0.29, 0.717) is 5.56 Å². The predicted octanol–water partition coefficient (Wildman–Crippen LogP) is 1.09. The van der Waals surface area contributed by atoms with Crippen LogP contribution in [0.2, 0.25) is 0 Å². The van der Waals surface area contributed by atoms with Crippen molar-refractivity contribution in [3.05, 3.63) is 39.9 Å². The number of rotatable bonds is 3. The molecular weight excluding hydrogens is 186 g/mol. The summed E-state index contributed by atoms with van der Waals surface area (Å²) in [5, 5.41) is 29.0. The standard InChI is InChI=1S/C9H11NO4/c1-6(10(13)14)9(12)7-3-2-4-8(11)5-7/h2-6,9,11-12H,1H3/t6-,9-/m1/s1. The molecule has 76 valence electrons. The maximum Gasteiger partial charge on any atom is 0.239 e.